The van der Waals surface area contributed by atoms with Crippen molar-refractivity contribution in [1.29, 1.82) is 0 Å². The molecule has 0 spiro atoms. The van der Waals surface area contributed by atoms with Crippen molar-refractivity contribution in [2.24, 2.45) is 0 Å². The molecular weight excluding hydrogens is 301 g/mol. The van der Waals surface area contributed by atoms with Crippen molar-refractivity contribution < 1.29 is 18.7 Å². The molecular formula is C16H22FN3O3. The molecule has 0 aromatic heterocycles. The van der Waals surface area contributed by atoms with Gasteiger partial charge in [-0.3, -0.25) is 4.79 Å². The largest absolute Gasteiger partial charge is 0.494 e. The van der Waals surface area contributed by atoms with E-state index in [1.165, 1.54) is 19.2 Å². The summed E-state index contributed by atoms with van der Waals surface area (Å²) in [4.78, 5) is 27.6. The summed E-state index contributed by atoms with van der Waals surface area (Å²) in [5.41, 5.74) is 0.281. The third-order valence-electron chi connectivity index (χ3n) is 3.66. The highest BCUT2D eigenvalue weighted by atomic mass is 19.1. The summed E-state index contributed by atoms with van der Waals surface area (Å²) in [6.07, 6.45) is 0. The van der Waals surface area contributed by atoms with Crippen LogP contribution in [-0.4, -0.2) is 61.1 Å². The monoisotopic (exact) mass is 323 g/mol. The molecule has 1 aromatic carbocycles. The van der Waals surface area contributed by atoms with Crippen molar-refractivity contribution in [2.45, 2.75) is 19.9 Å². The van der Waals surface area contributed by atoms with E-state index in [0.717, 1.165) is 0 Å². The lowest BCUT2D eigenvalue weighted by Crippen LogP contribution is -2.54. The van der Waals surface area contributed by atoms with Gasteiger partial charge in [-0.15, -0.1) is 0 Å². The lowest BCUT2D eigenvalue weighted by atomic mass is 10.1. The number of rotatable bonds is 3. The molecule has 1 aliphatic rings. The summed E-state index contributed by atoms with van der Waals surface area (Å²) in [5, 5.41) is 2.83. The van der Waals surface area contributed by atoms with Gasteiger partial charge in [-0.05, 0) is 32.0 Å². The van der Waals surface area contributed by atoms with Crippen molar-refractivity contribution in [3.8, 4) is 5.75 Å². The van der Waals surface area contributed by atoms with Crippen LogP contribution in [0.15, 0.2) is 18.2 Å². The van der Waals surface area contributed by atoms with E-state index >= 15 is 0 Å². The van der Waals surface area contributed by atoms with E-state index in [9.17, 15) is 14.0 Å². The molecule has 2 rings (SSSR count). The van der Waals surface area contributed by atoms with Crippen LogP contribution in [0.5, 0.6) is 5.75 Å². The van der Waals surface area contributed by atoms with Crippen LogP contribution in [0.1, 0.15) is 24.2 Å². The Hall–Kier alpha value is -2.31. The Morgan fingerprint density at radius 2 is 1.78 bits per heavy atom. The molecule has 0 unspecified atom stereocenters. The molecule has 3 amide bonds. The van der Waals surface area contributed by atoms with Gasteiger partial charge in [-0.25, -0.2) is 9.18 Å². The maximum absolute atomic E-state index is 13.7. The summed E-state index contributed by atoms with van der Waals surface area (Å²) in [7, 11) is 1.38. The number of hydrogen-bond acceptors (Lipinski definition) is 3. The molecule has 0 bridgehead atoms. The first-order chi connectivity index (χ1) is 10.9. The molecule has 126 valence electrons. The summed E-state index contributed by atoms with van der Waals surface area (Å²) in [6.45, 7) is 5.58. The van der Waals surface area contributed by atoms with Crippen molar-refractivity contribution >= 4 is 11.9 Å². The fourth-order valence-electron chi connectivity index (χ4n) is 2.43. The first-order valence-corrected chi connectivity index (χ1v) is 7.60. The number of carbonyl (C=O) groups is 2. The number of methoxy groups -OCH3 is 1. The van der Waals surface area contributed by atoms with E-state index in [4.69, 9.17) is 4.74 Å². The zero-order valence-electron chi connectivity index (χ0n) is 13.6. The van der Waals surface area contributed by atoms with Crippen molar-refractivity contribution in [1.82, 2.24) is 15.1 Å². The number of carbonyl (C=O) groups excluding carboxylic acids is 2. The molecule has 1 N–H and O–H groups in total. The normalized spacial score (nSPS) is 14.8. The molecule has 1 aliphatic heterocycles. The third kappa shape index (κ3) is 4.12. The van der Waals surface area contributed by atoms with Crippen molar-refractivity contribution in [2.75, 3.05) is 33.3 Å². The molecule has 1 heterocycles. The van der Waals surface area contributed by atoms with Gasteiger partial charge in [-0.1, -0.05) is 0 Å². The van der Waals surface area contributed by atoms with Crippen LogP contribution >= 0.6 is 0 Å². The van der Waals surface area contributed by atoms with Gasteiger partial charge < -0.3 is 19.9 Å². The Bertz CT molecular complexity index is 584. The van der Waals surface area contributed by atoms with E-state index in [0.29, 0.717) is 26.2 Å². The Labute approximate surface area is 135 Å². The summed E-state index contributed by atoms with van der Waals surface area (Å²) in [6, 6.07) is 4.11. The minimum absolute atomic E-state index is 0.0736. The molecule has 0 atom stereocenters. The highest BCUT2D eigenvalue weighted by Crippen LogP contribution is 2.19. The van der Waals surface area contributed by atoms with E-state index in [2.05, 4.69) is 5.32 Å². The highest BCUT2D eigenvalue weighted by molar-refractivity contribution is 5.94. The maximum atomic E-state index is 13.7. The topological polar surface area (TPSA) is 61.9 Å². The van der Waals surface area contributed by atoms with Crippen LogP contribution in [0.2, 0.25) is 0 Å². The van der Waals surface area contributed by atoms with Crippen LogP contribution in [0.4, 0.5) is 9.18 Å². The molecule has 6 nitrogen and oxygen atoms in total. The zero-order chi connectivity index (χ0) is 17.0. The number of amides is 3. The van der Waals surface area contributed by atoms with Gasteiger partial charge in [0.1, 0.15) is 0 Å². The van der Waals surface area contributed by atoms with Crippen LogP contribution in [0.25, 0.3) is 0 Å². The number of nitrogens with zero attached hydrogens (tertiary/aromatic N) is 2. The summed E-state index contributed by atoms with van der Waals surface area (Å²) >= 11 is 0. The predicted molar refractivity (Wildman–Crippen MR) is 84.1 cm³/mol. The number of ether oxygens (including phenoxy) is 1. The second kappa shape index (κ2) is 7.30. The average molecular weight is 323 g/mol. The Morgan fingerprint density at radius 3 is 2.30 bits per heavy atom. The number of halogens is 1. The molecule has 0 saturated carbocycles. The predicted octanol–water partition coefficient (Wildman–Crippen LogP) is 1.71. The quantitative estimate of drug-likeness (QED) is 0.921. The average Bonchev–Trinajstić information content (AvgIpc) is 2.53. The first kappa shape index (κ1) is 17.1. The van der Waals surface area contributed by atoms with Gasteiger partial charge in [0, 0.05) is 37.8 Å². The highest BCUT2D eigenvalue weighted by Gasteiger charge is 2.25. The van der Waals surface area contributed by atoms with Crippen LogP contribution < -0.4 is 10.1 Å². The smallest absolute Gasteiger partial charge is 0.317 e. The Kier molecular flexibility index (Phi) is 5.41. The van der Waals surface area contributed by atoms with E-state index in [1.54, 1.807) is 15.9 Å². The van der Waals surface area contributed by atoms with Gasteiger partial charge in [0.25, 0.3) is 5.91 Å². The molecule has 0 aliphatic carbocycles. The van der Waals surface area contributed by atoms with Gasteiger partial charge in [0.2, 0.25) is 0 Å². The second-order valence-corrected chi connectivity index (χ2v) is 5.73. The lowest BCUT2D eigenvalue weighted by molar-refractivity contribution is 0.0663. The van der Waals surface area contributed by atoms with Crippen LogP contribution in [0, 0.1) is 5.82 Å². The number of benzene rings is 1. The molecule has 0 radical (unpaired) electrons. The van der Waals surface area contributed by atoms with E-state index in [-0.39, 0.29) is 29.3 Å². The van der Waals surface area contributed by atoms with Crippen molar-refractivity contribution in [3.63, 3.8) is 0 Å². The first-order valence-electron chi connectivity index (χ1n) is 7.60. The number of urea groups is 1. The zero-order valence-corrected chi connectivity index (χ0v) is 13.6. The van der Waals surface area contributed by atoms with Gasteiger partial charge in [-0.2, -0.15) is 0 Å². The van der Waals surface area contributed by atoms with Crippen molar-refractivity contribution in [3.05, 3.63) is 29.6 Å². The van der Waals surface area contributed by atoms with E-state index < -0.39 is 5.82 Å². The van der Waals surface area contributed by atoms with Crippen LogP contribution in [0.3, 0.4) is 0 Å². The fourth-order valence-corrected chi connectivity index (χ4v) is 2.43. The molecule has 1 aromatic rings. The minimum atomic E-state index is -0.562. The minimum Gasteiger partial charge on any atom is -0.494 e. The molecule has 23 heavy (non-hydrogen) atoms. The van der Waals surface area contributed by atoms with Gasteiger partial charge >= 0.3 is 6.03 Å². The SMILES string of the molecule is COc1ccc(C(=O)N2CCN(C(=O)NC(C)C)CC2)cc1F. The Balaban J connectivity index is 1.96. The fraction of sp³-hybridized carbons (Fsp3) is 0.500. The maximum Gasteiger partial charge on any atom is 0.317 e. The van der Waals surface area contributed by atoms with Gasteiger partial charge in [0.05, 0.1) is 7.11 Å². The molecule has 1 fully saturated rings. The Morgan fingerprint density at radius 1 is 1.17 bits per heavy atom. The van der Waals surface area contributed by atoms with Gasteiger partial charge in [0.15, 0.2) is 11.6 Å². The summed E-state index contributed by atoms with van der Waals surface area (Å²) in [5.74, 6) is -0.694. The lowest BCUT2D eigenvalue weighted by Gasteiger charge is -2.35. The standard InChI is InChI=1S/C16H22FN3O3/c1-11(2)18-16(22)20-8-6-19(7-9-20)15(21)12-4-5-14(23-3)13(17)10-12/h4-5,10-11H,6-9H2,1-3H3,(H,18,22). The third-order valence-corrected chi connectivity index (χ3v) is 3.66. The molecule has 7 heteroatoms. The van der Waals surface area contributed by atoms with E-state index in [1.807, 2.05) is 13.8 Å². The number of piperazine rings is 1. The van der Waals surface area contributed by atoms with Crippen LogP contribution in [-0.2, 0) is 0 Å². The summed E-state index contributed by atoms with van der Waals surface area (Å²) < 4.78 is 18.6. The number of hydrogen-bond donors (Lipinski definition) is 1. The second-order valence-electron chi connectivity index (χ2n) is 5.73. The molecule has 1 saturated heterocycles. The number of nitrogens with one attached hydrogen (secondary N) is 1.